The first-order valence-corrected chi connectivity index (χ1v) is 32.4. The van der Waals surface area contributed by atoms with Crippen molar-refractivity contribution in [2.75, 3.05) is 96.9 Å². The molecule has 9 rings (SSSR count). The van der Waals surface area contributed by atoms with E-state index in [4.69, 9.17) is 16.1 Å². The number of thioether (sulfide) groups is 1. The number of nitrogens with zero attached hydrogens (tertiary/aromatic N) is 5. The Morgan fingerprint density at radius 1 is 0.829 bits per heavy atom. The second-order valence-corrected chi connectivity index (χ2v) is 27.8. The summed E-state index contributed by atoms with van der Waals surface area (Å²) in [6, 6.07) is 38.4. The number of anilines is 4. The molecular weight excluding hydrogens is 1060 g/mol. The number of rotatable bonds is 19. The molecule has 1 aromatic heterocycles. The molecule has 4 heterocycles. The van der Waals surface area contributed by atoms with Gasteiger partial charge < -0.3 is 44.0 Å². The number of nitrogens with one attached hydrogen (secondary N) is 1. The van der Waals surface area contributed by atoms with Crippen LogP contribution in [0, 0.1) is 12.8 Å². The SMILES string of the molecule is Cc1c(C(=O)O)c(-c2cccc(N3CCN(c4ccc(N5CCO[P@]5(=O)c5ccc(N[C@H](CCN6CCC(CP(=O)(O)O)CC6)CSc6ccccc6)c(S(C)(=O)=O)c5)cc4)CC3)c2)c(-c2ccc(Cl)cc2)n1C(C)C. The Morgan fingerprint density at radius 2 is 1.49 bits per heavy atom. The molecule has 0 spiro atoms. The molecule has 5 aromatic carbocycles. The highest BCUT2D eigenvalue weighted by Crippen LogP contribution is 2.56. The predicted octanol–water partition coefficient (Wildman–Crippen LogP) is 11.0. The molecule has 76 heavy (non-hydrogen) atoms. The zero-order chi connectivity index (χ0) is 53.9. The van der Waals surface area contributed by atoms with Crippen molar-refractivity contribution in [3.8, 4) is 22.4 Å². The average molecular weight is 1130 g/mol. The minimum atomic E-state index is -4.07. The monoisotopic (exact) mass is 1130 g/mol. The number of benzene rings is 5. The molecule has 0 bridgehead atoms. The molecule has 2 atom stereocenters. The number of hydrogen-bond acceptors (Lipinski definition) is 11. The molecule has 20 heteroatoms. The number of carboxylic acids is 1. The predicted molar refractivity (Wildman–Crippen MR) is 309 cm³/mol. The van der Waals surface area contributed by atoms with Crippen LogP contribution < -0.4 is 25.1 Å². The van der Waals surface area contributed by atoms with Crippen molar-refractivity contribution >= 4 is 82.3 Å². The molecule has 0 unspecified atom stereocenters. The highest BCUT2D eigenvalue weighted by molar-refractivity contribution is 7.99. The van der Waals surface area contributed by atoms with E-state index < -0.39 is 30.9 Å². The number of aromatic nitrogens is 1. The number of likely N-dealkylation sites (tertiary alicyclic amines) is 1. The fraction of sp³-hybridized carbons (Fsp3) is 0.375. The van der Waals surface area contributed by atoms with Gasteiger partial charge in [0.25, 0.3) is 0 Å². The maximum Gasteiger partial charge on any atom is 0.338 e. The number of aromatic carboxylic acids is 1. The summed E-state index contributed by atoms with van der Waals surface area (Å²) in [5.41, 5.74) is 7.35. The van der Waals surface area contributed by atoms with Crippen LogP contribution in [-0.4, -0.2) is 122 Å². The van der Waals surface area contributed by atoms with Crippen LogP contribution in [-0.2, 0) is 23.5 Å². The number of piperidine rings is 1. The zero-order valence-electron chi connectivity index (χ0n) is 43.3. The Balaban J connectivity index is 0.885. The van der Waals surface area contributed by atoms with Crippen LogP contribution in [0.4, 0.5) is 22.7 Å². The van der Waals surface area contributed by atoms with E-state index in [1.54, 1.807) is 28.6 Å². The standard InChI is InChI=1S/C56H67ClN6O9P2S2/c1-39(2)63-40(3)53(56(64)65)54(55(63)42-13-15-44(57)16-14-42)43-9-8-10-48(35-43)61-31-29-60(30-32-61)46-17-19-47(20-18-46)62-33-34-72-74(62,69)49-21-22-51(52(36-49)76(4,70)71)58-45(38-75-50-11-6-5-7-12-50)25-28-59-26-23-41(24-27-59)37-73(66,67)68/h5-22,35-36,39,41,45,58H,23-34,37-38H2,1-4H3,(H,64,65)(H2,66,67,68)/t45-,74-/m1/s1. The van der Waals surface area contributed by atoms with Crippen molar-refractivity contribution in [1.29, 1.82) is 0 Å². The molecule has 0 radical (unpaired) electrons. The smallest absolute Gasteiger partial charge is 0.338 e. The van der Waals surface area contributed by atoms with Crippen LogP contribution >= 0.6 is 38.5 Å². The van der Waals surface area contributed by atoms with Gasteiger partial charge >= 0.3 is 21.1 Å². The Kier molecular flexibility index (Phi) is 17.2. The van der Waals surface area contributed by atoms with Crippen LogP contribution in [0.25, 0.3) is 22.4 Å². The fourth-order valence-electron chi connectivity index (χ4n) is 11.0. The van der Waals surface area contributed by atoms with Crippen molar-refractivity contribution in [3.05, 3.63) is 138 Å². The lowest BCUT2D eigenvalue weighted by Gasteiger charge is -2.37. The molecule has 3 aliphatic rings. The molecule has 15 nitrogen and oxygen atoms in total. The lowest BCUT2D eigenvalue weighted by Crippen LogP contribution is -2.46. The number of carbonyl (C=O) groups is 1. The summed E-state index contributed by atoms with van der Waals surface area (Å²) in [6.07, 6.45) is 3.19. The second kappa shape index (κ2) is 23.5. The quantitative estimate of drug-likeness (QED) is 0.0443. The second-order valence-electron chi connectivity index (χ2n) is 20.3. The summed E-state index contributed by atoms with van der Waals surface area (Å²) in [5.74, 6) is -0.336. The largest absolute Gasteiger partial charge is 0.478 e. The molecule has 3 saturated heterocycles. The van der Waals surface area contributed by atoms with Gasteiger partial charge in [-0.2, -0.15) is 0 Å². The molecule has 404 valence electrons. The van der Waals surface area contributed by atoms with Gasteiger partial charge in [-0.25, -0.2) is 13.2 Å². The first kappa shape index (κ1) is 55.7. The summed E-state index contributed by atoms with van der Waals surface area (Å²) < 4.78 is 63.8. The van der Waals surface area contributed by atoms with Gasteiger partial charge in [0.05, 0.1) is 46.5 Å². The van der Waals surface area contributed by atoms with Crippen molar-refractivity contribution in [1.82, 2.24) is 9.47 Å². The fourth-order valence-corrected chi connectivity index (χ4v) is 16.3. The molecule has 0 amide bonds. The van der Waals surface area contributed by atoms with Crippen LogP contribution in [0.5, 0.6) is 0 Å². The highest BCUT2D eigenvalue weighted by Gasteiger charge is 2.41. The third kappa shape index (κ3) is 12.8. The van der Waals surface area contributed by atoms with Crippen LogP contribution in [0.1, 0.15) is 55.2 Å². The lowest BCUT2D eigenvalue weighted by molar-refractivity contribution is 0.0696. The molecule has 0 saturated carbocycles. The van der Waals surface area contributed by atoms with E-state index in [0.717, 1.165) is 85.2 Å². The van der Waals surface area contributed by atoms with Crippen LogP contribution in [0.2, 0.25) is 5.02 Å². The third-order valence-electron chi connectivity index (χ3n) is 14.7. The van der Waals surface area contributed by atoms with E-state index >= 15 is 4.57 Å². The molecule has 3 fully saturated rings. The van der Waals surface area contributed by atoms with Crippen molar-refractivity contribution in [3.63, 3.8) is 0 Å². The van der Waals surface area contributed by atoms with Crippen molar-refractivity contribution < 1.29 is 41.8 Å². The van der Waals surface area contributed by atoms with Gasteiger partial charge in [-0.15, -0.1) is 11.8 Å². The van der Waals surface area contributed by atoms with E-state index in [0.29, 0.717) is 64.5 Å². The van der Waals surface area contributed by atoms with Crippen molar-refractivity contribution in [2.45, 2.75) is 61.9 Å². The summed E-state index contributed by atoms with van der Waals surface area (Å²) >= 11 is 7.97. The van der Waals surface area contributed by atoms with Gasteiger partial charge in [-0.3, -0.25) is 13.8 Å². The number of piperazine rings is 1. The Morgan fingerprint density at radius 3 is 2.12 bits per heavy atom. The van der Waals surface area contributed by atoms with Gasteiger partial charge in [0.1, 0.15) is 0 Å². The molecular formula is C56H67ClN6O9P2S2. The Labute approximate surface area is 455 Å². The highest BCUT2D eigenvalue weighted by atomic mass is 35.5. The normalized spacial score (nSPS) is 18.4. The number of carboxylic acid groups (broad SMARTS) is 1. The van der Waals surface area contributed by atoms with E-state index in [2.05, 4.69) is 50.6 Å². The first-order chi connectivity index (χ1) is 36.3. The van der Waals surface area contributed by atoms with Gasteiger partial charge in [0.15, 0.2) is 9.84 Å². The minimum absolute atomic E-state index is 0.00819. The van der Waals surface area contributed by atoms with Crippen molar-refractivity contribution in [2.24, 2.45) is 5.92 Å². The number of halogens is 1. The van der Waals surface area contributed by atoms with Crippen LogP contribution in [0.15, 0.2) is 131 Å². The maximum atomic E-state index is 15.1. The van der Waals surface area contributed by atoms with Gasteiger partial charge in [0.2, 0.25) is 0 Å². The molecule has 4 N–H and O–H groups in total. The van der Waals surface area contributed by atoms with E-state index in [9.17, 15) is 32.7 Å². The third-order valence-corrected chi connectivity index (χ3v) is 20.8. The van der Waals surface area contributed by atoms with Gasteiger partial charge in [0, 0.05) is 95.1 Å². The average Bonchev–Trinajstić information content (AvgIpc) is 3.95. The molecule has 0 aliphatic carbocycles. The molecule has 3 aliphatic heterocycles. The lowest BCUT2D eigenvalue weighted by atomic mass is 9.96. The molecule has 6 aromatic rings. The Bertz CT molecular complexity index is 3230. The summed E-state index contributed by atoms with van der Waals surface area (Å²) in [6.45, 7) is 11.7. The van der Waals surface area contributed by atoms with E-state index in [1.165, 1.54) is 6.07 Å². The summed E-state index contributed by atoms with van der Waals surface area (Å²) in [7, 11) is -11.6. The number of hydrogen-bond donors (Lipinski definition) is 4. The van der Waals surface area contributed by atoms with Gasteiger partial charge in [-0.05, 0) is 149 Å². The van der Waals surface area contributed by atoms with E-state index in [1.807, 2.05) is 97.9 Å². The van der Waals surface area contributed by atoms with E-state index in [-0.39, 0.29) is 41.2 Å². The summed E-state index contributed by atoms with van der Waals surface area (Å²) in [5, 5.41) is 15.0. The Hall–Kier alpha value is -5.06. The van der Waals surface area contributed by atoms with Gasteiger partial charge in [-0.1, -0.05) is 54.1 Å². The first-order valence-electron chi connectivity index (χ1n) is 25.8. The topological polar surface area (TPSA) is 185 Å². The van der Waals surface area contributed by atoms with Crippen LogP contribution in [0.3, 0.4) is 0 Å². The zero-order valence-corrected chi connectivity index (χ0v) is 47.5. The maximum absolute atomic E-state index is 15.1. The summed E-state index contributed by atoms with van der Waals surface area (Å²) in [4.78, 5) is 40.0. The minimum Gasteiger partial charge on any atom is -0.478 e. The number of sulfone groups is 1.